The number of alkyl halides is 3. The van der Waals surface area contributed by atoms with Crippen LogP contribution in [0.2, 0.25) is 0 Å². The number of halogens is 3. The van der Waals surface area contributed by atoms with Crippen LogP contribution >= 0.6 is 11.3 Å². The van der Waals surface area contributed by atoms with Gasteiger partial charge in [0.2, 0.25) is 21.8 Å². The number of nitrogens with one attached hydrogen (secondary N) is 2. The quantitative estimate of drug-likeness (QED) is 0.306. The predicted octanol–water partition coefficient (Wildman–Crippen LogP) is 3.32. The maximum Gasteiger partial charge on any atom is 0.573 e. The molecule has 250 valence electrons. The van der Waals surface area contributed by atoms with Gasteiger partial charge in [0.1, 0.15) is 11.8 Å². The zero-order chi connectivity index (χ0) is 33.9. The maximum atomic E-state index is 13.7. The van der Waals surface area contributed by atoms with E-state index in [1.165, 1.54) is 6.92 Å². The van der Waals surface area contributed by atoms with Crippen LogP contribution < -0.4 is 19.7 Å². The topological polar surface area (TPSA) is 155 Å². The lowest BCUT2D eigenvalue weighted by Gasteiger charge is -2.39. The van der Waals surface area contributed by atoms with Crippen molar-refractivity contribution in [2.24, 2.45) is 0 Å². The van der Waals surface area contributed by atoms with E-state index in [9.17, 15) is 39.6 Å². The van der Waals surface area contributed by atoms with Crippen molar-refractivity contribution >= 4 is 48.3 Å². The van der Waals surface area contributed by atoms with Gasteiger partial charge >= 0.3 is 6.36 Å². The lowest BCUT2D eigenvalue weighted by molar-refractivity contribution is -0.274. The van der Waals surface area contributed by atoms with Gasteiger partial charge in [-0.1, -0.05) is 48.9 Å². The fourth-order valence-electron chi connectivity index (χ4n) is 4.80. The Labute approximate surface area is 268 Å². The molecule has 1 aromatic heterocycles. The third-order valence-corrected chi connectivity index (χ3v) is 12.0. The number of amides is 2. The maximum absolute atomic E-state index is 13.7. The Kier molecular flexibility index (Phi) is 10.6. The second-order valence-electron chi connectivity index (χ2n) is 10.4. The van der Waals surface area contributed by atoms with Crippen molar-refractivity contribution in [3.05, 3.63) is 65.4 Å². The Morgan fingerprint density at radius 1 is 1.02 bits per heavy atom. The zero-order valence-electron chi connectivity index (χ0n) is 25.0. The van der Waals surface area contributed by atoms with Crippen molar-refractivity contribution in [2.75, 3.05) is 24.5 Å². The smallest absolute Gasteiger partial charge is 0.406 e. The molecule has 4 rings (SSSR count). The molecule has 1 aliphatic heterocycles. The fourth-order valence-corrected chi connectivity index (χ4v) is 8.90. The predicted molar refractivity (Wildman–Crippen MR) is 163 cm³/mol. The molecule has 0 aliphatic carbocycles. The Morgan fingerprint density at radius 3 is 2.24 bits per heavy atom. The molecular formula is C28H32F3N5O7S3. The van der Waals surface area contributed by atoms with E-state index in [0.717, 1.165) is 70.8 Å². The molecule has 0 unspecified atom stereocenters. The molecule has 0 spiro atoms. The molecule has 12 nitrogen and oxygen atoms in total. The SMILES string of the molecule is CCCc1ccc(CNC(=O)[C@H]2CN(c3nc(C)c(S(=O)(=O)NC(C)=O)s3)CCN2S(=O)(=O)c2ccc(OC(F)(F)F)cc2)cc1. The lowest BCUT2D eigenvalue weighted by Crippen LogP contribution is -2.60. The van der Waals surface area contributed by atoms with Crippen LogP contribution in [0.3, 0.4) is 0 Å². The number of aromatic nitrogens is 1. The van der Waals surface area contributed by atoms with Gasteiger partial charge in [-0.15, -0.1) is 13.2 Å². The standard InChI is InChI=1S/C28H32F3N5O7S3/c1-4-5-20-6-8-21(9-7-20)16-32-25(38)24-17-35(27-33-18(2)26(44-27)45(39,40)34-19(3)37)14-15-36(24)46(41,42)23-12-10-22(11-13-23)43-28(29,30)31/h6-13,24H,4-5,14-17H2,1-3H3,(H,32,38)(H,34,37)/t24-/m1/s1. The zero-order valence-corrected chi connectivity index (χ0v) is 27.4. The normalized spacial score (nSPS) is 16.2. The van der Waals surface area contributed by atoms with Gasteiger partial charge in [0.15, 0.2) is 9.34 Å². The number of benzene rings is 2. The Balaban J connectivity index is 1.62. The molecular weight excluding hydrogens is 672 g/mol. The van der Waals surface area contributed by atoms with Crippen LogP contribution in [0.4, 0.5) is 18.3 Å². The highest BCUT2D eigenvalue weighted by Gasteiger charge is 2.41. The number of aryl methyl sites for hydroxylation is 2. The third-order valence-electron chi connectivity index (χ3n) is 6.86. The number of piperazine rings is 1. The molecule has 1 fully saturated rings. The van der Waals surface area contributed by atoms with E-state index in [4.69, 9.17) is 0 Å². The summed E-state index contributed by atoms with van der Waals surface area (Å²) in [6.45, 7) is 4.19. The van der Waals surface area contributed by atoms with Crippen LogP contribution in [-0.2, 0) is 42.6 Å². The van der Waals surface area contributed by atoms with Crippen molar-refractivity contribution in [3.8, 4) is 5.75 Å². The number of anilines is 1. The molecule has 0 saturated carbocycles. The van der Waals surface area contributed by atoms with E-state index >= 15 is 0 Å². The monoisotopic (exact) mass is 703 g/mol. The number of carbonyl (C=O) groups is 2. The number of hydrogen-bond donors (Lipinski definition) is 2. The Hall–Kier alpha value is -3.74. The summed E-state index contributed by atoms with van der Waals surface area (Å²) in [7, 11) is -8.61. The van der Waals surface area contributed by atoms with Gasteiger partial charge in [-0.2, -0.15) is 4.31 Å². The van der Waals surface area contributed by atoms with E-state index in [2.05, 4.69) is 22.0 Å². The third kappa shape index (κ3) is 8.54. The minimum Gasteiger partial charge on any atom is -0.406 e. The molecule has 2 aromatic carbocycles. The summed E-state index contributed by atoms with van der Waals surface area (Å²) in [5.41, 5.74) is 2.01. The number of hydrogen-bond acceptors (Lipinski definition) is 10. The second-order valence-corrected chi connectivity index (χ2v) is 15.2. The van der Waals surface area contributed by atoms with E-state index in [1.54, 1.807) is 4.90 Å². The number of nitrogens with zero attached hydrogens (tertiary/aromatic N) is 3. The molecule has 2 N–H and O–H groups in total. The van der Waals surface area contributed by atoms with Crippen LogP contribution in [0.25, 0.3) is 0 Å². The van der Waals surface area contributed by atoms with Crippen molar-refractivity contribution in [2.45, 2.75) is 61.7 Å². The van der Waals surface area contributed by atoms with Gasteiger partial charge in [0.25, 0.3) is 10.0 Å². The highest BCUT2D eigenvalue weighted by atomic mass is 32.2. The summed E-state index contributed by atoms with van der Waals surface area (Å²) in [6, 6.07) is 9.90. The van der Waals surface area contributed by atoms with Crippen molar-refractivity contribution in [1.82, 2.24) is 19.3 Å². The van der Waals surface area contributed by atoms with Gasteiger partial charge < -0.3 is 15.0 Å². The first-order chi connectivity index (χ1) is 21.5. The minimum absolute atomic E-state index is 0.00372. The van der Waals surface area contributed by atoms with Crippen LogP contribution in [0.5, 0.6) is 5.75 Å². The summed E-state index contributed by atoms with van der Waals surface area (Å²) in [4.78, 5) is 30.6. The Bertz CT molecular complexity index is 1780. The van der Waals surface area contributed by atoms with Crippen molar-refractivity contribution in [3.63, 3.8) is 0 Å². The van der Waals surface area contributed by atoms with Crippen LogP contribution in [0.1, 0.15) is 37.1 Å². The minimum atomic E-state index is -4.97. The molecule has 0 radical (unpaired) electrons. The molecule has 46 heavy (non-hydrogen) atoms. The van der Waals surface area contributed by atoms with Crippen molar-refractivity contribution < 1.29 is 44.3 Å². The molecule has 2 heterocycles. The van der Waals surface area contributed by atoms with Gasteiger partial charge in [-0.25, -0.2) is 26.5 Å². The number of ether oxygens (including phenoxy) is 1. The van der Waals surface area contributed by atoms with E-state index in [-0.39, 0.29) is 46.1 Å². The number of rotatable bonds is 11. The van der Waals surface area contributed by atoms with Gasteiger partial charge in [0, 0.05) is 33.1 Å². The van der Waals surface area contributed by atoms with Gasteiger partial charge in [-0.05, 0) is 48.7 Å². The highest BCUT2D eigenvalue weighted by molar-refractivity contribution is 7.92. The summed E-state index contributed by atoms with van der Waals surface area (Å²) >= 11 is 0.762. The number of carbonyl (C=O) groups excluding carboxylic acids is 2. The Morgan fingerprint density at radius 2 is 1.65 bits per heavy atom. The van der Waals surface area contributed by atoms with Gasteiger partial charge in [0.05, 0.1) is 10.6 Å². The molecule has 3 aromatic rings. The van der Waals surface area contributed by atoms with Gasteiger partial charge in [-0.3, -0.25) is 9.59 Å². The molecule has 18 heteroatoms. The van der Waals surface area contributed by atoms with E-state index in [1.807, 2.05) is 29.0 Å². The summed E-state index contributed by atoms with van der Waals surface area (Å²) in [5, 5.41) is 2.96. The number of sulfonamides is 2. The second kappa shape index (κ2) is 13.9. The molecule has 2 amide bonds. The highest BCUT2D eigenvalue weighted by Crippen LogP contribution is 2.33. The largest absolute Gasteiger partial charge is 0.573 e. The molecule has 0 bridgehead atoms. The summed E-state index contributed by atoms with van der Waals surface area (Å²) < 4.78 is 97.1. The first-order valence-electron chi connectivity index (χ1n) is 14.0. The summed E-state index contributed by atoms with van der Waals surface area (Å²) in [6.07, 6.45) is -3.10. The van der Waals surface area contributed by atoms with Crippen LogP contribution in [-0.4, -0.2) is 70.0 Å². The summed E-state index contributed by atoms with van der Waals surface area (Å²) in [5.74, 6) is -2.05. The molecule has 1 aliphatic rings. The van der Waals surface area contributed by atoms with E-state index in [0.29, 0.717) is 0 Å². The first-order valence-corrected chi connectivity index (χ1v) is 17.7. The molecule has 1 saturated heterocycles. The number of thiazole rings is 1. The average Bonchev–Trinajstić information content (AvgIpc) is 3.38. The van der Waals surface area contributed by atoms with E-state index < -0.39 is 50.0 Å². The fraction of sp³-hybridized carbons (Fsp3) is 0.393. The van der Waals surface area contributed by atoms with Crippen LogP contribution in [0, 0.1) is 6.92 Å². The average molecular weight is 704 g/mol. The lowest BCUT2D eigenvalue weighted by atomic mass is 10.1. The molecule has 1 atom stereocenters. The van der Waals surface area contributed by atoms with Crippen LogP contribution in [0.15, 0.2) is 57.6 Å². The first kappa shape index (κ1) is 35.1. The van der Waals surface area contributed by atoms with Crippen molar-refractivity contribution in [1.29, 1.82) is 0 Å².